The van der Waals surface area contributed by atoms with Crippen LogP contribution in [0.25, 0.3) is 0 Å². The summed E-state index contributed by atoms with van der Waals surface area (Å²) in [6.45, 7) is 23.1. The van der Waals surface area contributed by atoms with Gasteiger partial charge in [-0.3, -0.25) is 14.5 Å². The number of benzene rings is 1. The minimum atomic E-state index is -0.557. The molecule has 1 aromatic rings. The van der Waals surface area contributed by atoms with Crippen LogP contribution in [0.2, 0.25) is 0 Å². The monoisotopic (exact) mass is 716 g/mol. The van der Waals surface area contributed by atoms with Gasteiger partial charge in [0.2, 0.25) is 0 Å². The number of aliphatic hydroxyl groups excluding tert-OH is 2. The van der Waals surface area contributed by atoms with Crippen molar-refractivity contribution in [2.75, 3.05) is 19.7 Å². The zero-order valence-corrected chi connectivity index (χ0v) is 33.9. The molecule has 6 heteroatoms. The lowest BCUT2D eigenvalue weighted by Crippen LogP contribution is -2.66. The van der Waals surface area contributed by atoms with Crippen molar-refractivity contribution in [1.82, 2.24) is 4.90 Å². The molecule has 2 N–H and O–H groups in total. The van der Waals surface area contributed by atoms with E-state index in [1.807, 2.05) is 13.8 Å². The van der Waals surface area contributed by atoms with Crippen molar-refractivity contribution in [2.45, 2.75) is 152 Å². The lowest BCUT2D eigenvalue weighted by Gasteiger charge is -2.72. The summed E-state index contributed by atoms with van der Waals surface area (Å²) < 4.78 is 6.29. The number of allylic oxidation sites excluding steroid dienone is 1. The fourth-order valence-electron chi connectivity index (χ4n) is 14.1. The van der Waals surface area contributed by atoms with Gasteiger partial charge in [0.1, 0.15) is 6.10 Å². The molecular weight excluding hydrogens is 647 g/mol. The zero-order valence-electron chi connectivity index (χ0n) is 33.9. The van der Waals surface area contributed by atoms with Crippen molar-refractivity contribution < 1.29 is 24.5 Å². The second kappa shape index (κ2) is 13.0. The van der Waals surface area contributed by atoms with E-state index in [0.717, 1.165) is 76.5 Å². The van der Waals surface area contributed by atoms with Gasteiger partial charge >= 0.3 is 5.97 Å². The maximum Gasteiger partial charge on any atom is 0.306 e. The molecule has 9 atom stereocenters. The minimum absolute atomic E-state index is 0.0336. The maximum atomic E-state index is 14.2. The van der Waals surface area contributed by atoms with E-state index >= 15 is 0 Å². The molecule has 52 heavy (non-hydrogen) atoms. The van der Waals surface area contributed by atoms with Crippen LogP contribution in [0.1, 0.15) is 138 Å². The first-order valence-corrected chi connectivity index (χ1v) is 20.9. The first-order chi connectivity index (χ1) is 24.3. The molecule has 5 aliphatic carbocycles. The summed E-state index contributed by atoms with van der Waals surface area (Å²) in [7, 11) is 0. The molecule has 1 aromatic carbocycles. The van der Waals surface area contributed by atoms with Gasteiger partial charge in [0.05, 0.1) is 12.5 Å². The number of esters is 1. The number of carbonyl (C=O) groups excluding carboxylic acids is 2. The molecule has 1 aliphatic heterocycles. The van der Waals surface area contributed by atoms with Gasteiger partial charge in [0, 0.05) is 43.5 Å². The van der Waals surface area contributed by atoms with E-state index < -0.39 is 16.9 Å². The Morgan fingerprint density at radius 2 is 1.65 bits per heavy atom. The Bertz CT molecular complexity index is 1610. The van der Waals surface area contributed by atoms with E-state index in [1.165, 1.54) is 16.7 Å². The number of Topliss-reactive ketones (excluding diaryl/α,β-unsaturated/α-hetero) is 1. The summed E-state index contributed by atoms with van der Waals surface area (Å²) in [4.78, 5) is 29.7. The molecule has 0 bridgehead atoms. The van der Waals surface area contributed by atoms with Crippen LogP contribution in [-0.2, 0) is 27.3 Å². The molecule has 0 radical (unpaired) electrons. The van der Waals surface area contributed by atoms with Crippen LogP contribution in [0, 0.1) is 56.2 Å². The Hall–Kier alpha value is -2.02. The Morgan fingerprint density at radius 3 is 2.35 bits per heavy atom. The third-order valence-electron chi connectivity index (χ3n) is 17.0. The Labute approximate surface area is 314 Å². The molecule has 0 saturated heterocycles. The quantitative estimate of drug-likeness (QED) is 0.262. The first kappa shape index (κ1) is 38.3. The van der Waals surface area contributed by atoms with Crippen molar-refractivity contribution in [3.05, 3.63) is 46.5 Å². The fraction of sp³-hybridized carbons (Fsp3) is 0.783. The molecule has 0 aromatic heterocycles. The minimum Gasteiger partial charge on any atom is -0.462 e. The Morgan fingerprint density at radius 1 is 0.942 bits per heavy atom. The topological polar surface area (TPSA) is 87.1 Å². The molecule has 0 spiro atoms. The van der Waals surface area contributed by atoms with E-state index in [1.54, 1.807) is 0 Å². The summed E-state index contributed by atoms with van der Waals surface area (Å²) in [6.07, 6.45) is 9.42. The van der Waals surface area contributed by atoms with Gasteiger partial charge in [-0.25, -0.2) is 0 Å². The number of β-amino-alcohol motifs (C(OH)–C–C–N with tert-alkyl or cyclic N) is 1. The van der Waals surface area contributed by atoms with E-state index in [-0.39, 0.29) is 58.5 Å². The molecule has 9 unspecified atom stereocenters. The van der Waals surface area contributed by atoms with Crippen LogP contribution in [0.15, 0.2) is 35.4 Å². The highest BCUT2D eigenvalue weighted by Gasteiger charge is 2.70. The van der Waals surface area contributed by atoms with Gasteiger partial charge in [-0.15, -0.1) is 0 Å². The standard InChI is InChI=1S/C46H69NO5/c1-29(2)39-33(49)24-46(36(50)27-47-23-18-30-12-10-11-13-31(30)26-47)22-21-44(8)32(40(39)46)14-15-35-43(7)19-17-37(52-38(51)25-41(3,4)28-48)42(5,6)34(43)16-20-45(35,44)9/h10-13,29,32,34-37,48,50H,14-28H2,1-9H3. The number of carbonyl (C=O) groups is 2. The number of ketones is 1. The molecule has 6 aliphatic rings. The third-order valence-corrected chi connectivity index (χ3v) is 17.0. The lowest BCUT2D eigenvalue weighted by molar-refractivity contribution is -0.235. The van der Waals surface area contributed by atoms with Crippen molar-refractivity contribution in [3.8, 4) is 0 Å². The van der Waals surface area contributed by atoms with Gasteiger partial charge in [-0.1, -0.05) is 92.2 Å². The van der Waals surface area contributed by atoms with Crippen LogP contribution in [-0.4, -0.2) is 58.8 Å². The van der Waals surface area contributed by atoms with Crippen molar-refractivity contribution in [1.29, 1.82) is 0 Å². The molecule has 7 rings (SSSR count). The smallest absolute Gasteiger partial charge is 0.306 e. The third kappa shape index (κ3) is 5.73. The van der Waals surface area contributed by atoms with Crippen molar-refractivity contribution in [3.63, 3.8) is 0 Å². The number of ether oxygens (including phenoxy) is 1. The molecule has 288 valence electrons. The number of aliphatic hydroxyl groups is 2. The average Bonchev–Trinajstić information content (AvgIpc) is 3.39. The zero-order chi connectivity index (χ0) is 37.6. The second-order valence-corrected chi connectivity index (χ2v) is 21.0. The van der Waals surface area contributed by atoms with Gasteiger partial charge in [0.25, 0.3) is 0 Å². The van der Waals surface area contributed by atoms with Crippen LogP contribution in [0.5, 0.6) is 0 Å². The fourth-order valence-corrected chi connectivity index (χ4v) is 14.1. The summed E-state index contributed by atoms with van der Waals surface area (Å²) in [5.74, 6) is 1.57. The summed E-state index contributed by atoms with van der Waals surface area (Å²) in [6, 6.07) is 8.72. The van der Waals surface area contributed by atoms with Crippen LogP contribution >= 0.6 is 0 Å². The van der Waals surface area contributed by atoms with Crippen LogP contribution in [0.4, 0.5) is 0 Å². The SMILES string of the molecule is CC(C)C1=C2C3CCC4C5(C)CCC(OC(=O)CC(C)(C)CO)C(C)(C)C5CCC4(C)C3(C)CCC2(C(O)CN2CCc3ccccc3C2)CC1=O. The van der Waals surface area contributed by atoms with Crippen LogP contribution in [0.3, 0.4) is 0 Å². The van der Waals surface area contributed by atoms with Crippen LogP contribution < -0.4 is 0 Å². The van der Waals surface area contributed by atoms with E-state index in [4.69, 9.17) is 4.74 Å². The highest BCUT2D eigenvalue weighted by atomic mass is 16.5. The number of hydrogen-bond donors (Lipinski definition) is 2. The summed E-state index contributed by atoms with van der Waals surface area (Å²) in [5.41, 5.74) is 4.41. The van der Waals surface area contributed by atoms with Gasteiger partial charge < -0.3 is 14.9 Å². The normalized spacial score (nSPS) is 39.3. The second-order valence-electron chi connectivity index (χ2n) is 21.0. The number of hydrogen-bond acceptors (Lipinski definition) is 6. The maximum absolute atomic E-state index is 14.2. The molecule has 4 fully saturated rings. The predicted octanol–water partition coefficient (Wildman–Crippen LogP) is 8.71. The van der Waals surface area contributed by atoms with E-state index in [2.05, 4.69) is 77.6 Å². The van der Waals surface area contributed by atoms with Crippen molar-refractivity contribution in [2.24, 2.45) is 56.2 Å². The highest BCUT2D eigenvalue weighted by Crippen LogP contribution is 2.77. The highest BCUT2D eigenvalue weighted by molar-refractivity contribution is 6.00. The summed E-state index contributed by atoms with van der Waals surface area (Å²) >= 11 is 0. The largest absolute Gasteiger partial charge is 0.462 e. The van der Waals surface area contributed by atoms with E-state index in [9.17, 15) is 19.8 Å². The Kier molecular flexibility index (Phi) is 9.60. The molecule has 4 saturated carbocycles. The van der Waals surface area contributed by atoms with Crippen molar-refractivity contribution >= 4 is 11.8 Å². The number of nitrogens with zero attached hydrogens (tertiary/aromatic N) is 1. The van der Waals surface area contributed by atoms with Gasteiger partial charge in [-0.05, 0) is 120 Å². The molecule has 0 amide bonds. The van der Waals surface area contributed by atoms with E-state index in [0.29, 0.717) is 30.7 Å². The first-order valence-electron chi connectivity index (χ1n) is 20.9. The lowest BCUT2D eigenvalue weighted by atomic mass is 9.33. The number of fused-ring (bicyclic) bond motifs is 8. The average molecular weight is 716 g/mol. The number of rotatable bonds is 8. The molecule has 1 heterocycles. The predicted molar refractivity (Wildman–Crippen MR) is 206 cm³/mol. The molecule has 6 nitrogen and oxygen atoms in total. The van der Waals surface area contributed by atoms with Gasteiger partial charge in [0.15, 0.2) is 5.78 Å². The Balaban J connectivity index is 1.16. The molecular formula is C46H69NO5. The van der Waals surface area contributed by atoms with Gasteiger partial charge in [-0.2, -0.15) is 0 Å². The summed E-state index contributed by atoms with van der Waals surface area (Å²) in [5, 5.41) is 22.2.